The standard InChI is InChI=1S/C26H33FN2O3/c1-31-24-13-10-22(25(17-24)32-2)18-28-26(30)14-9-21-6-4-16-29(19-21)15-3-5-20-7-11-23(27)12-8-20/h3,5,7-8,10-13,17,21H,4,6,9,14-16,18-19H2,1-2H3,(H,28,30)/b5-3+. The highest BCUT2D eigenvalue weighted by molar-refractivity contribution is 5.76. The number of carbonyl (C=O) groups excluding carboxylic acids is 1. The molecule has 32 heavy (non-hydrogen) atoms. The largest absolute Gasteiger partial charge is 0.497 e. The van der Waals surface area contributed by atoms with Crippen LogP contribution in [0.2, 0.25) is 0 Å². The Bertz CT molecular complexity index is 898. The zero-order chi connectivity index (χ0) is 22.8. The van der Waals surface area contributed by atoms with Crippen LogP contribution in [0.15, 0.2) is 48.5 Å². The lowest BCUT2D eigenvalue weighted by Crippen LogP contribution is -2.36. The van der Waals surface area contributed by atoms with E-state index in [1.165, 1.54) is 12.1 Å². The summed E-state index contributed by atoms with van der Waals surface area (Å²) in [6.07, 6.45) is 7.90. The average Bonchev–Trinajstić information content (AvgIpc) is 2.82. The Morgan fingerprint density at radius 2 is 2.00 bits per heavy atom. The van der Waals surface area contributed by atoms with Crippen molar-refractivity contribution in [2.24, 2.45) is 5.92 Å². The number of methoxy groups -OCH3 is 2. The number of ether oxygens (including phenoxy) is 2. The van der Waals surface area contributed by atoms with Crippen LogP contribution in [0.5, 0.6) is 11.5 Å². The molecule has 1 N–H and O–H groups in total. The van der Waals surface area contributed by atoms with Crippen LogP contribution >= 0.6 is 0 Å². The Morgan fingerprint density at radius 1 is 1.19 bits per heavy atom. The molecule has 1 fully saturated rings. The molecule has 0 radical (unpaired) electrons. The number of rotatable bonds is 10. The molecule has 1 heterocycles. The highest BCUT2D eigenvalue weighted by Gasteiger charge is 2.20. The lowest BCUT2D eigenvalue weighted by Gasteiger charge is -2.31. The molecule has 5 nitrogen and oxygen atoms in total. The third kappa shape index (κ3) is 7.38. The number of nitrogens with zero attached hydrogens (tertiary/aromatic N) is 1. The molecule has 0 aromatic heterocycles. The first-order valence-electron chi connectivity index (χ1n) is 11.2. The van der Waals surface area contributed by atoms with Crippen LogP contribution in [0, 0.1) is 11.7 Å². The van der Waals surface area contributed by atoms with E-state index in [1.807, 2.05) is 24.3 Å². The summed E-state index contributed by atoms with van der Waals surface area (Å²) >= 11 is 0. The Hall–Kier alpha value is -2.86. The Kier molecular flexibility index (Phi) is 9.11. The molecule has 2 aromatic rings. The minimum absolute atomic E-state index is 0.0659. The summed E-state index contributed by atoms with van der Waals surface area (Å²) in [4.78, 5) is 14.8. The molecule has 2 aromatic carbocycles. The van der Waals surface area contributed by atoms with Gasteiger partial charge in [-0.25, -0.2) is 4.39 Å². The summed E-state index contributed by atoms with van der Waals surface area (Å²) < 4.78 is 23.6. The minimum atomic E-state index is -0.215. The number of hydrogen-bond donors (Lipinski definition) is 1. The van der Waals surface area contributed by atoms with E-state index >= 15 is 0 Å². The zero-order valence-electron chi connectivity index (χ0n) is 19.0. The summed E-state index contributed by atoms with van der Waals surface area (Å²) in [5.74, 6) is 1.82. The van der Waals surface area contributed by atoms with E-state index in [2.05, 4.69) is 16.3 Å². The van der Waals surface area contributed by atoms with Crippen molar-refractivity contribution >= 4 is 12.0 Å². The maximum Gasteiger partial charge on any atom is 0.220 e. The summed E-state index contributed by atoms with van der Waals surface area (Å²) in [6, 6.07) is 12.1. The van der Waals surface area contributed by atoms with Crippen molar-refractivity contribution in [3.63, 3.8) is 0 Å². The normalized spacial score (nSPS) is 16.8. The number of nitrogens with one attached hydrogen (secondary N) is 1. The molecule has 1 aliphatic heterocycles. The third-order valence-electron chi connectivity index (χ3n) is 5.90. The van der Waals surface area contributed by atoms with E-state index in [0.717, 1.165) is 55.8 Å². The van der Waals surface area contributed by atoms with Crippen LogP contribution in [0.3, 0.4) is 0 Å². The van der Waals surface area contributed by atoms with Crippen molar-refractivity contribution < 1.29 is 18.7 Å². The molecule has 172 valence electrons. The van der Waals surface area contributed by atoms with Gasteiger partial charge in [-0.2, -0.15) is 0 Å². The van der Waals surface area contributed by atoms with Crippen LogP contribution < -0.4 is 14.8 Å². The summed E-state index contributed by atoms with van der Waals surface area (Å²) in [6.45, 7) is 3.40. The molecule has 0 aliphatic carbocycles. The van der Waals surface area contributed by atoms with Gasteiger partial charge in [0.1, 0.15) is 17.3 Å². The molecule has 6 heteroatoms. The van der Waals surface area contributed by atoms with Gasteiger partial charge in [0.25, 0.3) is 0 Å². The van der Waals surface area contributed by atoms with Gasteiger partial charge in [0.2, 0.25) is 5.91 Å². The zero-order valence-corrected chi connectivity index (χ0v) is 19.0. The smallest absolute Gasteiger partial charge is 0.220 e. The van der Waals surface area contributed by atoms with Gasteiger partial charge in [0.15, 0.2) is 0 Å². The predicted molar refractivity (Wildman–Crippen MR) is 125 cm³/mol. The lowest BCUT2D eigenvalue weighted by atomic mass is 9.93. The van der Waals surface area contributed by atoms with Crippen molar-refractivity contribution in [3.8, 4) is 11.5 Å². The second-order valence-electron chi connectivity index (χ2n) is 8.21. The van der Waals surface area contributed by atoms with Gasteiger partial charge in [-0.3, -0.25) is 9.69 Å². The predicted octanol–water partition coefficient (Wildman–Crippen LogP) is 4.66. The third-order valence-corrected chi connectivity index (χ3v) is 5.90. The highest BCUT2D eigenvalue weighted by Crippen LogP contribution is 2.25. The van der Waals surface area contributed by atoms with E-state index in [4.69, 9.17) is 9.47 Å². The monoisotopic (exact) mass is 440 g/mol. The molecule has 1 aliphatic rings. The van der Waals surface area contributed by atoms with Gasteiger partial charge in [-0.15, -0.1) is 0 Å². The molecule has 1 atom stereocenters. The maximum absolute atomic E-state index is 13.0. The van der Waals surface area contributed by atoms with E-state index in [1.54, 1.807) is 26.4 Å². The molecule has 1 amide bonds. The second-order valence-corrected chi connectivity index (χ2v) is 8.21. The fourth-order valence-corrected chi connectivity index (χ4v) is 4.08. The second kappa shape index (κ2) is 12.2. The molecular weight excluding hydrogens is 407 g/mol. The van der Waals surface area contributed by atoms with Gasteiger partial charge in [-0.1, -0.05) is 24.3 Å². The number of halogens is 1. The van der Waals surface area contributed by atoms with Gasteiger partial charge < -0.3 is 14.8 Å². The molecule has 1 unspecified atom stereocenters. The number of piperidine rings is 1. The fourth-order valence-electron chi connectivity index (χ4n) is 4.08. The fraction of sp³-hybridized carbons (Fsp3) is 0.423. The van der Waals surface area contributed by atoms with E-state index < -0.39 is 0 Å². The van der Waals surface area contributed by atoms with E-state index in [0.29, 0.717) is 24.6 Å². The molecule has 1 saturated heterocycles. The first kappa shape index (κ1) is 23.8. The van der Waals surface area contributed by atoms with Crippen molar-refractivity contribution in [1.29, 1.82) is 0 Å². The molecule has 3 rings (SSSR count). The van der Waals surface area contributed by atoms with Gasteiger partial charge in [0, 0.05) is 37.7 Å². The number of hydrogen-bond acceptors (Lipinski definition) is 4. The van der Waals surface area contributed by atoms with Crippen LogP contribution in [0.1, 0.15) is 36.8 Å². The van der Waals surface area contributed by atoms with Crippen molar-refractivity contribution in [2.75, 3.05) is 33.9 Å². The number of carbonyl (C=O) groups is 1. The number of likely N-dealkylation sites (tertiary alicyclic amines) is 1. The van der Waals surface area contributed by atoms with Gasteiger partial charge in [-0.05, 0) is 61.6 Å². The topological polar surface area (TPSA) is 50.8 Å². The lowest BCUT2D eigenvalue weighted by molar-refractivity contribution is -0.121. The van der Waals surface area contributed by atoms with Crippen LogP contribution in [-0.2, 0) is 11.3 Å². The first-order valence-corrected chi connectivity index (χ1v) is 11.2. The minimum Gasteiger partial charge on any atom is -0.497 e. The Labute approximate surface area is 190 Å². The van der Waals surface area contributed by atoms with Gasteiger partial charge >= 0.3 is 0 Å². The Morgan fingerprint density at radius 3 is 2.75 bits per heavy atom. The summed E-state index contributed by atoms with van der Waals surface area (Å²) in [5.41, 5.74) is 1.93. The highest BCUT2D eigenvalue weighted by atomic mass is 19.1. The van der Waals surface area contributed by atoms with Crippen molar-refractivity contribution in [3.05, 3.63) is 65.5 Å². The van der Waals surface area contributed by atoms with Crippen LogP contribution in [0.4, 0.5) is 4.39 Å². The SMILES string of the molecule is COc1ccc(CNC(=O)CCC2CCCN(C/C=C/c3ccc(F)cc3)C2)c(OC)c1. The molecule has 0 bridgehead atoms. The molecule has 0 saturated carbocycles. The molecular formula is C26H33FN2O3. The maximum atomic E-state index is 13.0. The Balaban J connectivity index is 1.39. The van der Waals surface area contributed by atoms with Crippen LogP contribution in [-0.4, -0.2) is 44.7 Å². The number of benzene rings is 2. The quantitative estimate of drug-likeness (QED) is 0.584. The first-order chi connectivity index (χ1) is 15.6. The molecule has 0 spiro atoms. The number of amides is 1. The van der Waals surface area contributed by atoms with E-state index in [-0.39, 0.29) is 11.7 Å². The van der Waals surface area contributed by atoms with Crippen LogP contribution in [0.25, 0.3) is 6.08 Å². The van der Waals surface area contributed by atoms with Crippen molar-refractivity contribution in [2.45, 2.75) is 32.2 Å². The summed E-state index contributed by atoms with van der Waals surface area (Å²) in [7, 11) is 3.23. The van der Waals surface area contributed by atoms with Gasteiger partial charge in [0.05, 0.1) is 14.2 Å². The summed E-state index contributed by atoms with van der Waals surface area (Å²) in [5, 5.41) is 3.01. The average molecular weight is 441 g/mol. The van der Waals surface area contributed by atoms with E-state index in [9.17, 15) is 9.18 Å². The van der Waals surface area contributed by atoms with Crippen molar-refractivity contribution in [1.82, 2.24) is 10.2 Å².